The lowest BCUT2D eigenvalue weighted by atomic mass is 9.79. The average Bonchev–Trinajstić information content (AvgIpc) is 3.06. The number of hydrogen-bond donors (Lipinski definition) is 1. The molecule has 5 nitrogen and oxygen atoms in total. The lowest BCUT2D eigenvalue weighted by Gasteiger charge is -2.46. The molecule has 5 heteroatoms. The molecule has 136 valence electrons. The molecule has 1 unspecified atom stereocenters. The molecule has 2 aromatic rings. The van der Waals surface area contributed by atoms with Crippen LogP contribution in [0.25, 0.3) is 0 Å². The van der Waals surface area contributed by atoms with E-state index in [1.165, 1.54) is 37.1 Å². The maximum atomic E-state index is 6.17. The van der Waals surface area contributed by atoms with Gasteiger partial charge in [-0.3, -0.25) is 0 Å². The van der Waals surface area contributed by atoms with Crippen molar-refractivity contribution in [3.63, 3.8) is 0 Å². The predicted octanol–water partition coefficient (Wildman–Crippen LogP) is 2.67. The second-order valence-electron chi connectivity index (χ2n) is 8.47. The lowest BCUT2D eigenvalue weighted by Crippen LogP contribution is -2.55. The molecule has 0 amide bonds. The summed E-state index contributed by atoms with van der Waals surface area (Å²) in [5.41, 5.74) is 10.5. The second-order valence-corrected chi connectivity index (χ2v) is 8.47. The molecule has 26 heavy (non-hydrogen) atoms. The molecule has 2 fully saturated rings. The second kappa shape index (κ2) is 5.95. The summed E-state index contributed by atoms with van der Waals surface area (Å²) in [6, 6.07) is 10.7. The third-order valence-electron chi connectivity index (χ3n) is 6.43. The molecule has 3 heterocycles. The standard InChI is InChI=1S/C21H27N5/c1-25-12-21(13-25)10-11-26(14-21)19-17-9-5-8-16(15-6-3-2-4-7-15)18(17)23-20(22)24-19/h2-4,6-7,16H,5,8-14H2,1H3,(H2,22,23,24). The Morgan fingerprint density at radius 3 is 2.69 bits per heavy atom. The summed E-state index contributed by atoms with van der Waals surface area (Å²) < 4.78 is 0. The van der Waals surface area contributed by atoms with Crippen molar-refractivity contribution in [1.82, 2.24) is 14.9 Å². The van der Waals surface area contributed by atoms with Gasteiger partial charge in [0.15, 0.2) is 0 Å². The van der Waals surface area contributed by atoms with Gasteiger partial charge in [0.2, 0.25) is 5.95 Å². The van der Waals surface area contributed by atoms with Gasteiger partial charge >= 0.3 is 0 Å². The largest absolute Gasteiger partial charge is 0.368 e. The minimum atomic E-state index is 0.343. The summed E-state index contributed by atoms with van der Waals surface area (Å²) in [5, 5.41) is 0. The smallest absolute Gasteiger partial charge is 0.222 e. The van der Waals surface area contributed by atoms with Gasteiger partial charge in [0.25, 0.3) is 0 Å². The van der Waals surface area contributed by atoms with Crippen molar-refractivity contribution in [2.45, 2.75) is 31.6 Å². The lowest BCUT2D eigenvalue weighted by molar-refractivity contribution is 0.0424. The van der Waals surface area contributed by atoms with E-state index in [0.717, 1.165) is 37.4 Å². The number of nitrogens with two attached hydrogens (primary N) is 1. The summed E-state index contributed by atoms with van der Waals surface area (Å²) in [7, 11) is 2.21. The van der Waals surface area contributed by atoms with Gasteiger partial charge in [0.05, 0.1) is 5.69 Å². The fraction of sp³-hybridized carbons (Fsp3) is 0.524. The fourth-order valence-corrected chi connectivity index (χ4v) is 5.40. The molecule has 2 aliphatic heterocycles. The highest BCUT2D eigenvalue weighted by molar-refractivity contribution is 5.56. The summed E-state index contributed by atoms with van der Waals surface area (Å²) in [4.78, 5) is 14.3. The van der Waals surface area contributed by atoms with Crippen molar-refractivity contribution in [2.24, 2.45) is 5.41 Å². The molecule has 0 radical (unpaired) electrons. The van der Waals surface area contributed by atoms with Crippen LogP contribution in [0, 0.1) is 5.41 Å². The quantitative estimate of drug-likeness (QED) is 0.903. The van der Waals surface area contributed by atoms with Crippen LogP contribution in [0.5, 0.6) is 0 Å². The van der Waals surface area contributed by atoms with Gasteiger partial charge in [-0.15, -0.1) is 0 Å². The first-order chi connectivity index (χ1) is 12.6. The summed E-state index contributed by atoms with van der Waals surface area (Å²) in [6.07, 6.45) is 4.66. The highest BCUT2D eigenvalue weighted by Gasteiger charge is 2.47. The molecule has 0 bridgehead atoms. The van der Waals surface area contributed by atoms with E-state index in [9.17, 15) is 0 Å². The number of nitrogens with zero attached hydrogens (tertiary/aromatic N) is 4. The molecule has 2 N–H and O–H groups in total. The Balaban J connectivity index is 1.51. The molecule has 1 spiro atoms. The molecule has 0 saturated carbocycles. The minimum absolute atomic E-state index is 0.343. The number of rotatable bonds is 2. The van der Waals surface area contributed by atoms with Crippen molar-refractivity contribution in [3.05, 3.63) is 47.2 Å². The summed E-state index contributed by atoms with van der Waals surface area (Å²) in [6.45, 7) is 4.61. The van der Waals surface area contributed by atoms with Gasteiger partial charge in [-0.2, -0.15) is 4.98 Å². The minimum Gasteiger partial charge on any atom is -0.368 e. The van der Waals surface area contributed by atoms with Gasteiger partial charge in [-0.1, -0.05) is 30.3 Å². The molecule has 1 aromatic heterocycles. The highest BCUT2D eigenvalue weighted by atomic mass is 15.3. The molecule has 1 aromatic carbocycles. The number of fused-ring (bicyclic) bond motifs is 1. The van der Waals surface area contributed by atoms with Crippen molar-refractivity contribution in [1.29, 1.82) is 0 Å². The van der Waals surface area contributed by atoms with Crippen molar-refractivity contribution < 1.29 is 0 Å². The zero-order valence-corrected chi connectivity index (χ0v) is 15.5. The van der Waals surface area contributed by atoms with Gasteiger partial charge in [-0.25, -0.2) is 4.98 Å². The van der Waals surface area contributed by atoms with E-state index < -0.39 is 0 Å². The Morgan fingerprint density at radius 2 is 1.92 bits per heavy atom. The van der Waals surface area contributed by atoms with Crippen molar-refractivity contribution in [3.8, 4) is 0 Å². The Hall–Kier alpha value is -2.14. The van der Waals surface area contributed by atoms with Crippen LogP contribution in [0.4, 0.5) is 11.8 Å². The van der Waals surface area contributed by atoms with Crippen LogP contribution in [0.1, 0.15) is 42.0 Å². The Labute approximate surface area is 155 Å². The van der Waals surface area contributed by atoms with E-state index >= 15 is 0 Å². The first kappa shape index (κ1) is 16.1. The average molecular weight is 349 g/mol. The zero-order chi connectivity index (χ0) is 17.7. The first-order valence-electron chi connectivity index (χ1n) is 9.78. The van der Waals surface area contributed by atoms with E-state index in [1.807, 2.05) is 0 Å². The molecule has 2 saturated heterocycles. The Kier molecular flexibility index (Phi) is 3.67. The Morgan fingerprint density at radius 1 is 1.12 bits per heavy atom. The Bertz CT molecular complexity index is 813. The number of aromatic nitrogens is 2. The molecule has 5 rings (SSSR count). The topological polar surface area (TPSA) is 58.3 Å². The molecule has 3 aliphatic rings. The van der Waals surface area contributed by atoms with Crippen molar-refractivity contribution >= 4 is 11.8 Å². The van der Waals surface area contributed by atoms with Crippen LogP contribution in [-0.4, -0.2) is 48.1 Å². The number of benzene rings is 1. The number of hydrogen-bond acceptors (Lipinski definition) is 5. The van der Waals surface area contributed by atoms with E-state index in [4.69, 9.17) is 15.7 Å². The molecule has 1 aliphatic carbocycles. The van der Waals surface area contributed by atoms with E-state index in [2.05, 4.69) is 47.2 Å². The van der Waals surface area contributed by atoms with Crippen LogP contribution >= 0.6 is 0 Å². The van der Waals surface area contributed by atoms with Crippen LogP contribution in [0.2, 0.25) is 0 Å². The predicted molar refractivity (Wildman–Crippen MR) is 104 cm³/mol. The third-order valence-corrected chi connectivity index (χ3v) is 6.43. The number of nitrogen functional groups attached to an aromatic ring is 1. The third kappa shape index (κ3) is 2.57. The maximum Gasteiger partial charge on any atom is 0.222 e. The fourth-order valence-electron chi connectivity index (χ4n) is 5.40. The van der Waals surface area contributed by atoms with E-state index in [0.29, 0.717) is 17.3 Å². The van der Waals surface area contributed by atoms with E-state index in [1.54, 1.807) is 0 Å². The first-order valence-corrected chi connectivity index (χ1v) is 9.78. The summed E-state index contributed by atoms with van der Waals surface area (Å²) >= 11 is 0. The van der Waals surface area contributed by atoms with Crippen molar-refractivity contribution in [2.75, 3.05) is 43.9 Å². The molecular weight excluding hydrogens is 322 g/mol. The number of anilines is 2. The SMILES string of the molecule is CN1CC2(CCN(c3nc(N)nc4c3CCCC4c3ccccc3)C2)C1. The van der Waals surface area contributed by atoms with Gasteiger partial charge < -0.3 is 15.5 Å². The van der Waals surface area contributed by atoms with Crippen LogP contribution in [0.3, 0.4) is 0 Å². The highest BCUT2D eigenvalue weighted by Crippen LogP contribution is 2.44. The van der Waals surface area contributed by atoms with E-state index in [-0.39, 0.29) is 0 Å². The van der Waals surface area contributed by atoms with Crippen LogP contribution < -0.4 is 10.6 Å². The van der Waals surface area contributed by atoms with Crippen LogP contribution in [0.15, 0.2) is 30.3 Å². The monoisotopic (exact) mass is 349 g/mol. The van der Waals surface area contributed by atoms with Gasteiger partial charge in [0.1, 0.15) is 5.82 Å². The van der Waals surface area contributed by atoms with Crippen LogP contribution in [-0.2, 0) is 6.42 Å². The van der Waals surface area contributed by atoms with Gasteiger partial charge in [-0.05, 0) is 38.3 Å². The van der Waals surface area contributed by atoms with Gasteiger partial charge in [0, 0.05) is 43.1 Å². The zero-order valence-electron chi connectivity index (χ0n) is 15.5. The maximum absolute atomic E-state index is 6.17. The summed E-state index contributed by atoms with van der Waals surface area (Å²) in [5.74, 6) is 1.88. The molecule has 1 atom stereocenters. The molecular formula is C21H27N5. The number of likely N-dealkylation sites (tertiary alicyclic amines) is 1. The normalized spacial score (nSPS) is 24.5.